The van der Waals surface area contributed by atoms with Crippen LogP contribution in [0.1, 0.15) is 25.5 Å². The zero-order valence-electron chi connectivity index (χ0n) is 11.6. The zero-order valence-corrected chi connectivity index (χ0v) is 11.6. The monoisotopic (exact) mass is 267 g/mol. The predicted octanol–water partition coefficient (Wildman–Crippen LogP) is 1.27. The van der Waals surface area contributed by atoms with E-state index in [1.807, 2.05) is 0 Å². The lowest BCUT2D eigenvalue weighted by Crippen LogP contribution is -2.37. The van der Waals surface area contributed by atoms with Crippen molar-refractivity contribution in [3.05, 3.63) is 29.8 Å². The quantitative estimate of drug-likeness (QED) is 0.730. The largest absolute Gasteiger partial charge is 0.481 e. The molecule has 1 rings (SSSR count). The van der Waals surface area contributed by atoms with E-state index >= 15 is 0 Å². The van der Waals surface area contributed by atoms with Crippen LogP contribution in [0.25, 0.3) is 0 Å². The molecule has 2 atom stereocenters. The first-order chi connectivity index (χ1) is 9.04. The van der Waals surface area contributed by atoms with Gasteiger partial charge in [0.2, 0.25) is 0 Å². The second-order valence-electron chi connectivity index (χ2n) is 4.29. The van der Waals surface area contributed by atoms with Crippen molar-refractivity contribution >= 4 is 5.91 Å². The Kier molecular flexibility index (Phi) is 6.32. The third-order valence-corrected chi connectivity index (χ3v) is 2.65. The van der Waals surface area contributed by atoms with Crippen molar-refractivity contribution in [2.45, 2.75) is 26.1 Å². The highest BCUT2D eigenvalue weighted by Gasteiger charge is 2.13. The number of benzene rings is 1. The van der Waals surface area contributed by atoms with Crippen molar-refractivity contribution in [2.75, 3.05) is 20.3 Å². The SMILES string of the molecule is COCCNC(=O)C(C)Oc1ccc(C(C)O)cc1. The van der Waals surface area contributed by atoms with Crippen molar-refractivity contribution < 1.29 is 19.4 Å². The average Bonchev–Trinajstić information content (AvgIpc) is 2.39. The summed E-state index contributed by atoms with van der Waals surface area (Å²) in [6.07, 6.45) is -1.09. The topological polar surface area (TPSA) is 67.8 Å². The fraction of sp³-hybridized carbons (Fsp3) is 0.500. The van der Waals surface area contributed by atoms with Crippen molar-refractivity contribution in [3.8, 4) is 5.75 Å². The van der Waals surface area contributed by atoms with Crippen LogP contribution in [0.3, 0.4) is 0 Å². The Morgan fingerprint density at radius 2 is 1.95 bits per heavy atom. The Hall–Kier alpha value is -1.59. The molecule has 0 spiro atoms. The van der Waals surface area contributed by atoms with Gasteiger partial charge in [0.25, 0.3) is 5.91 Å². The van der Waals surface area contributed by atoms with Crippen LogP contribution in [0.4, 0.5) is 0 Å². The number of carbonyl (C=O) groups excluding carboxylic acids is 1. The molecule has 2 unspecified atom stereocenters. The molecule has 5 nitrogen and oxygen atoms in total. The normalized spacial score (nSPS) is 13.7. The highest BCUT2D eigenvalue weighted by Crippen LogP contribution is 2.18. The van der Waals surface area contributed by atoms with Crippen LogP contribution < -0.4 is 10.1 Å². The Morgan fingerprint density at radius 1 is 1.32 bits per heavy atom. The highest BCUT2D eigenvalue weighted by molar-refractivity contribution is 5.80. The number of rotatable bonds is 7. The lowest BCUT2D eigenvalue weighted by molar-refractivity contribution is -0.127. The van der Waals surface area contributed by atoms with Gasteiger partial charge >= 0.3 is 0 Å². The third kappa shape index (κ3) is 5.28. The zero-order chi connectivity index (χ0) is 14.3. The molecule has 0 fully saturated rings. The summed E-state index contributed by atoms with van der Waals surface area (Å²) in [5.74, 6) is 0.412. The maximum absolute atomic E-state index is 11.7. The van der Waals surface area contributed by atoms with Gasteiger partial charge in [-0.2, -0.15) is 0 Å². The molecule has 0 aromatic heterocycles. The Bertz CT molecular complexity index is 389. The minimum Gasteiger partial charge on any atom is -0.481 e. The van der Waals surface area contributed by atoms with Gasteiger partial charge in [-0.3, -0.25) is 4.79 Å². The molecule has 0 saturated heterocycles. The smallest absolute Gasteiger partial charge is 0.260 e. The summed E-state index contributed by atoms with van der Waals surface area (Å²) in [4.78, 5) is 11.7. The van der Waals surface area contributed by atoms with E-state index in [-0.39, 0.29) is 5.91 Å². The highest BCUT2D eigenvalue weighted by atomic mass is 16.5. The van der Waals surface area contributed by atoms with Gasteiger partial charge in [-0.05, 0) is 31.5 Å². The van der Waals surface area contributed by atoms with Crippen molar-refractivity contribution in [3.63, 3.8) is 0 Å². The van der Waals surface area contributed by atoms with Gasteiger partial charge in [-0.25, -0.2) is 0 Å². The predicted molar refractivity (Wildman–Crippen MR) is 72.1 cm³/mol. The molecule has 0 heterocycles. The van der Waals surface area contributed by atoms with E-state index in [1.54, 1.807) is 45.2 Å². The van der Waals surface area contributed by atoms with E-state index in [1.165, 1.54) is 0 Å². The van der Waals surface area contributed by atoms with Gasteiger partial charge in [0.15, 0.2) is 6.10 Å². The molecule has 19 heavy (non-hydrogen) atoms. The van der Waals surface area contributed by atoms with Crippen LogP contribution in [-0.2, 0) is 9.53 Å². The van der Waals surface area contributed by atoms with Crippen molar-refractivity contribution in [1.29, 1.82) is 0 Å². The van der Waals surface area contributed by atoms with Crippen LogP contribution in [0.2, 0.25) is 0 Å². The number of aliphatic hydroxyl groups excluding tert-OH is 1. The second kappa shape index (κ2) is 7.76. The van der Waals surface area contributed by atoms with Crippen LogP contribution in [0.5, 0.6) is 5.75 Å². The maximum Gasteiger partial charge on any atom is 0.260 e. The molecule has 2 N–H and O–H groups in total. The minimum atomic E-state index is -0.575. The number of ether oxygens (including phenoxy) is 2. The van der Waals surface area contributed by atoms with E-state index in [0.717, 1.165) is 5.56 Å². The second-order valence-corrected chi connectivity index (χ2v) is 4.29. The molecule has 0 saturated carbocycles. The molecule has 5 heteroatoms. The molecule has 1 amide bonds. The third-order valence-electron chi connectivity index (χ3n) is 2.65. The summed E-state index contributed by atoms with van der Waals surface area (Å²) < 4.78 is 10.4. The van der Waals surface area contributed by atoms with Gasteiger partial charge in [0, 0.05) is 13.7 Å². The lowest BCUT2D eigenvalue weighted by Gasteiger charge is -2.15. The van der Waals surface area contributed by atoms with E-state index in [9.17, 15) is 9.90 Å². The fourth-order valence-corrected chi connectivity index (χ4v) is 1.50. The van der Waals surface area contributed by atoms with E-state index in [4.69, 9.17) is 9.47 Å². The molecule has 0 radical (unpaired) electrons. The first-order valence-electron chi connectivity index (χ1n) is 6.26. The van der Waals surface area contributed by atoms with Crippen molar-refractivity contribution in [1.82, 2.24) is 5.32 Å². The summed E-state index contributed by atoms with van der Waals surface area (Å²) in [5, 5.41) is 12.1. The molecule has 1 aromatic rings. The summed E-state index contributed by atoms with van der Waals surface area (Å²) in [6, 6.07) is 7.02. The number of amides is 1. The summed E-state index contributed by atoms with van der Waals surface area (Å²) in [6.45, 7) is 4.32. The molecular weight excluding hydrogens is 246 g/mol. The molecule has 1 aromatic carbocycles. The standard InChI is InChI=1S/C14H21NO4/c1-10(16)12-4-6-13(7-5-12)19-11(2)14(17)15-8-9-18-3/h4-7,10-11,16H,8-9H2,1-3H3,(H,15,17). The van der Waals surface area contributed by atoms with Crippen LogP contribution >= 0.6 is 0 Å². The number of hydrogen-bond acceptors (Lipinski definition) is 4. The maximum atomic E-state index is 11.7. The number of nitrogens with one attached hydrogen (secondary N) is 1. The average molecular weight is 267 g/mol. The van der Waals surface area contributed by atoms with Gasteiger partial charge in [-0.15, -0.1) is 0 Å². The van der Waals surface area contributed by atoms with E-state index in [0.29, 0.717) is 18.9 Å². The number of carbonyl (C=O) groups is 1. The van der Waals surface area contributed by atoms with Crippen LogP contribution in [0, 0.1) is 0 Å². The Balaban J connectivity index is 2.47. The van der Waals surface area contributed by atoms with E-state index in [2.05, 4.69) is 5.32 Å². The number of aliphatic hydroxyl groups is 1. The van der Waals surface area contributed by atoms with Gasteiger partial charge in [0.1, 0.15) is 5.75 Å². The van der Waals surface area contributed by atoms with E-state index < -0.39 is 12.2 Å². The first kappa shape index (κ1) is 15.5. The Morgan fingerprint density at radius 3 is 2.47 bits per heavy atom. The molecule has 0 aliphatic heterocycles. The lowest BCUT2D eigenvalue weighted by atomic mass is 10.1. The van der Waals surface area contributed by atoms with Crippen LogP contribution in [-0.4, -0.2) is 37.4 Å². The van der Waals surface area contributed by atoms with Gasteiger partial charge in [0.05, 0.1) is 12.7 Å². The number of methoxy groups -OCH3 is 1. The molecule has 0 aliphatic carbocycles. The molecular formula is C14H21NO4. The first-order valence-corrected chi connectivity index (χ1v) is 6.26. The van der Waals surface area contributed by atoms with Gasteiger partial charge < -0.3 is 19.9 Å². The van der Waals surface area contributed by atoms with Gasteiger partial charge in [-0.1, -0.05) is 12.1 Å². The molecule has 0 bridgehead atoms. The Labute approximate surface area is 113 Å². The molecule has 0 aliphatic rings. The summed E-state index contributed by atoms with van der Waals surface area (Å²) >= 11 is 0. The summed E-state index contributed by atoms with van der Waals surface area (Å²) in [5.41, 5.74) is 0.810. The minimum absolute atomic E-state index is 0.184. The fourth-order valence-electron chi connectivity index (χ4n) is 1.50. The number of hydrogen-bond donors (Lipinski definition) is 2. The van der Waals surface area contributed by atoms with Crippen molar-refractivity contribution in [2.24, 2.45) is 0 Å². The summed E-state index contributed by atoms with van der Waals surface area (Å²) in [7, 11) is 1.58. The van der Waals surface area contributed by atoms with Crippen LogP contribution in [0.15, 0.2) is 24.3 Å². The molecule has 106 valence electrons.